The molecule has 0 aliphatic heterocycles. The molecule has 2 aromatic carbocycles. The van der Waals surface area contributed by atoms with E-state index in [-0.39, 0.29) is 5.82 Å². The average molecular weight is 276 g/mol. The van der Waals surface area contributed by atoms with Crippen LogP contribution in [-0.4, -0.2) is 4.98 Å². The van der Waals surface area contributed by atoms with E-state index < -0.39 is 0 Å². The van der Waals surface area contributed by atoms with Gasteiger partial charge in [0.2, 0.25) is 0 Å². The SMILES string of the molecule is Fc1cccc(OCc2cc3cccc(Cl)c3[nH]2)c1. The molecule has 0 unspecified atom stereocenters. The number of aromatic amines is 1. The van der Waals surface area contributed by atoms with Crippen LogP contribution in [0.15, 0.2) is 48.5 Å². The van der Waals surface area contributed by atoms with Crippen molar-refractivity contribution in [3.05, 3.63) is 65.1 Å². The first-order valence-corrected chi connectivity index (χ1v) is 6.25. The Morgan fingerprint density at radius 3 is 2.74 bits per heavy atom. The zero-order chi connectivity index (χ0) is 13.2. The Hall–Kier alpha value is -2.00. The third-order valence-corrected chi connectivity index (χ3v) is 3.17. The van der Waals surface area contributed by atoms with Gasteiger partial charge < -0.3 is 9.72 Å². The molecule has 0 spiro atoms. The van der Waals surface area contributed by atoms with Crippen molar-refractivity contribution in [2.45, 2.75) is 6.61 Å². The molecule has 19 heavy (non-hydrogen) atoms. The smallest absolute Gasteiger partial charge is 0.128 e. The summed E-state index contributed by atoms with van der Waals surface area (Å²) < 4.78 is 18.5. The Morgan fingerprint density at radius 2 is 1.95 bits per heavy atom. The Balaban J connectivity index is 1.80. The summed E-state index contributed by atoms with van der Waals surface area (Å²) in [4.78, 5) is 3.20. The minimum absolute atomic E-state index is 0.308. The maximum absolute atomic E-state index is 13.0. The number of benzene rings is 2. The molecular formula is C15H11ClFNO. The Bertz CT molecular complexity index is 723. The van der Waals surface area contributed by atoms with E-state index in [4.69, 9.17) is 16.3 Å². The number of aromatic nitrogens is 1. The Kier molecular flexibility index (Phi) is 3.13. The van der Waals surface area contributed by atoms with Crippen molar-refractivity contribution >= 4 is 22.5 Å². The molecule has 2 nitrogen and oxygen atoms in total. The maximum Gasteiger partial charge on any atom is 0.128 e. The molecule has 1 N–H and O–H groups in total. The molecule has 0 amide bonds. The quantitative estimate of drug-likeness (QED) is 0.746. The van der Waals surface area contributed by atoms with E-state index in [1.54, 1.807) is 12.1 Å². The highest BCUT2D eigenvalue weighted by atomic mass is 35.5. The molecule has 0 bridgehead atoms. The first-order chi connectivity index (χ1) is 9.22. The standard InChI is InChI=1S/C15H11ClFNO/c16-14-6-1-3-10-7-12(18-15(10)14)9-19-13-5-2-4-11(17)8-13/h1-8,18H,9H2. The monoisotopic (exact) mass is 275 g/mol. The molecule has 0 aliphatic rings. The summed E-state index contributed by atoms with van der Waals surface area (Å²) in [6.45, 7) is 0.342. The van der Waals surface area contributed by atoms with E-state index in [0.717, 1.165) is 16.6 Å². The predicted molar refractivity (Wildman–Crippen MR) is 74.0 cm³/mol. The molecule has 0 fully saturated rings. The topological polar surface area (TPSA) is 25.0 Å². The number of H-pyrrole nitrogens is 1. The Labute approximate surface area is 114 Å². The Morgan fingerprint density at radius 1 is 1.11 bits per heavy atom. The second kappa shape index (κ2) is 4.94. The summed E-state index contributed by atoms with van der Waals surface area (Å²) in [7, 11) is 0. The minimum atomic E-state index is -0.308. The number of nitrogens with one attached hydrogen (secondary N) is 1. The van der Waals surface area contributed by atoms with Gasteiger partial charge in [0.1, 0.15) is 18.2 Å². The normalized spacial score (nSPS) is 10.8. The van der Waals surface area contributed by atoms with Gasteiger partial charge in [0.05, 0.1) is 16.2 Å². The van der Waals surface area contributed by atoms with E-state index in [2.05, 4.69) is 4.98 Å². The molecule has 4 heteroatoms. The molecule has 0 saturated heterocycles. The summed E-state index contributed by atoms with van der Waals surface area (Å²) in [5.41, 5.74) is 1.79. The van der Waals surface area contributed by atoms with Crippen molar-refractivity contribution in [2.75, 3.05) is 0 Å². The first kappa shape index (κ1) is 12.1. The van der Waals surface area contributed by atoms with Gasteiger partial charge in [-0.3, -0.25) is 0 Å². The van der Waals surface area contributed by atoms with Crippen molar-refractivity contribution in [3.63, 3.8) is 0 Å². The summed E-state index contributed by atoms with van der Waals surface area (Å²) in [6.07, 6.45) is 0. The molecule has 0 aliphatic carbocycles. The largest absolute Gasteiger partial charge is 0.487 e. The van der Waals surface area contributed by atoms with Crippen LogP contribution in [0.4, 0.5) is 4.39 Å². The van der Waals surface area contributed by atoms with Gasteiger partial charge in [-0.15, -0.1) is 0 Å². The van der Waals surface area contributed by atoms with Crippen LogP contribution in [0.25, 0.3) is 10.9 Å². The van der Waals surface area contributed by atoms with Gasteiger partial charge in [-0.1, -0.05) is 29.8 Å². The average Bonchev–Trinajstić information content (AvgIpc) is 2.81. The summed E-state index contributed by atoms with van der Waals surface area (Å²) >= 11 is 6.09. The van der Waals surface area contributed by atoms with Gasteiger partial charge in [-0.25, -0.2) is 4.39 Å². The van der Waals surface area contributed by atoms with Crippen molar-refractivity contribution in [1.29, 1.82) is 0 Å². The highest BCUT2D eigenvalue weighted by Gasteiger charge is 2.04. The molecule has 1 heterocycles. The third kappa shape index (κ3) is 2.56. The lowest BCUT2D eigenvalue weighted by Crippen LogP contribution is -1.95. The highest BCUT2D eigenvalue weighted by molar-refractivity contribution is 6.35. The molecular weight excluding hydrogens is 265 g/mol. The number of para-hydroxylation sites is 1. The summed E-state index contributed by atoms with van der Waals surface area (Å²) in [5, 5.41) is 1.71. The second-order valence-electron chi connectivity index (χ2n) is 4.24. The van der Waals surface area contributed by atoms with Gasteiger partial charge in [-0.05, 0) is 24.3 Å². The number of fused-ring (bicyclic) bond motifs is 1. The van der Waals surface area contributed by atoms with Crippen LogP contribution >= 0.6 is 11.6 Å². The van der Waals surface area contributed by atoms with E-state index in [0.29, 0.717) is 17.4 Å². The van der Waals surface area contributed by atoms with Crippen LogP contribution in [-0.2, 0) is 6.61 Å². The van der Waals surface area contributed by atoms with Crippen LogP contribution in [0.3, 0.4) is 0 Å². The van der Waals surface area contributed by atoms with E-state index in [1.165, 1.54) is 12.1 Å². The number of hydrogen-bond donors (Lipinski definition) is 1. The number of hydrogen-bond acceptors (Lipinski definition) is 1. The molecule has 0 radical (unpaired) electrons. The van der Waals surface area contributed by atoms with Crippen LogP contribution in [0.1, 0.15) is 5.69 Å². The fourth-order valence-corrected chi connectivity index (χ4v) is 2.20. The van der Waals surface area contributed by atoms with Crippen LogP contribution in [0.5, 0.6) is 5.75 Å². The summed E-state index contributed by atoms with van der Waals surface area (Å²) in [5.74, 6) is 0.196. The van der Waals surface area contributed by atoms with E-state index >= 15 is 0 Å². The van der Waals surface area contributed by atoms with Crippen LogP contribution < -0.4 is 4.74 Å². The lowest BCUT2D eigenvalue weighted by Gasteiger charge is -2.04. The van der Waals surface area contributed by atoms with Gasteiger partial charge in [-0.2, -0.15) is 0 Å². The van der Waals surface area contributed by atoms with Crippen molar-refractivity contribution in [2.24, 2.45) is 0 Å². The molecule has 96 valence electrons. The summed E-state index contributed by atoms with van der Waals surface area (Å²) in [6, 6.07) is 13.8. The molecule has 1 aromatic heterocycles. The van der Waals surface area contributed by atoms with Crippen molar-refractivity contribution in [3.8, 4) is 5.75 Å². The van der Waals surface area contributed by atoms with E-state index in [9.17, 15) is 4.39 Å². The van der Waals surface area contributed by atoms with Gasteiger partial charge in [0.25, 0.3) is 0 Å². The molecule has 0 atom stereocenters. The van der Waals surface area contributed by atoms with Crippen LogP contribution in [0.2, 0.25) is 5.02 Å². The molecule has 3 aromatic rings. The fraction of sp³-hybridized carbons (Fsp3) is 0.0667. The number of ether oxygens (including phenoxy) is 1. The molecule has 3 rings (SSSR count). The second-order valence-corrected chi connectivity index (χ2v) is 4.65. The third-order valence-electron chi connectivity index (χ3n) is 2.85. The van der Waals surface area contributed by atoms with Gasteiger partial charge >= 0.3 is 0 Å². The number of halogens is 2. The minimum Gasteiger partial charge on any atom is -0.487 e. The van der Waals surface area contributed by atoms with Crippen molar-refractivity contribution < 1.29 is 9.13 Å². The van der Waals surface area contributed by atoms with Gasteiger partial charge in [0, 0.05) is 11.5 Å². The lowest BCUT2D eigenvalue weighted by molar-refractivity contribution is 0.301. The van der Waals surface area contributed by atoms with Crippen molar-refractivity contribution in [1.82, 2.24) is 4.98 Å². The first-order valence-electron chi connectivity index (χ1n) is 5.87. The fourth-order valence-electron chi connectivity index (χ4n) is 1.97. The highest BCUT2D eigenvalue weighted by Crippen LogP contribution is 2.24. The predicted octanol–water partition coefficient (Wildman–Crippen LogP) is 4.54. The zero-order valence-electron chi connectivity index (χ0n) is 9.99. The van der Waals surface area contributed by atoms with Crippen LogP contribution in [0, 0.1) is 5.82 Å². The zero-order valence-corrected chi connectivity index (χ0v) is 10.7. The van der Waals surface area contributed by atoms with Gasteiger partial charge in [0.15, 0.2) is 0 Å². The maximum atomic E-state index is 13.0. The number of rotatable bonds is 3. The molecule has 0 saturated carbocycles. The van der Waals surface area contributed by atoms with E-state index in [1.807, 2.05) is 24.3 Å². The lowest BCUT2D eigenvalue weighted by atomic mass is 10.2.